The fraction of sp³-hybridized carbons (Fsp3) is 0.500. The Bertz CT molecular complexity index is 645. The van der Waals surface area contributed by atoms with Crippen LogP contribution in [0.5, 0.6) is 0 Å². The van der Waals surface area contributed by atoms with Gasteiger partial charge in [-0.05, 0) is 32.0 Å². The van der Waals surface area contributed by atoms with E-state index in [0.717, 1.165) is 17.9 Å². The van der Waals surface area contributed by atoms with Crippen LogP contribution in [-0.4, -0.2) is 47.1 Å². The van der Waals surface area contributed by atoms with E-state index >= 15 is 0 Å². The summed E-state index contributed by atoms with van der Waals surface area (Å²) in [6, 6.07) is 3.69. The number of hydrogen-bond acceptors (Lipinski definition) is 4. The van der Waals surface area contributed by atoms with E-state index < -0.39 is 12.6 Å². The molecule has 2 aromatic rings. The maximum Gasteiger partial charge on any atom is 0.390 e. The molecule has 138 valence electrons. The highest BCUT2D eigenvalue weighted by molar-refractivity contribution is 6.32. The lowest BCUT2D eigenvalue weighted by atomic mass is 10.3. The maximum absolute atomic E-state index is 12.1. The topological polar surface area (TPSA) is 46.0 Å². The van der Waals surface area contributed by atoms with Crippen LogP contribution >= 0.6 is 11.6 Å². The van der Waals surface area contributed by atoms with E-state index in [9.17, 15) is 13.2 Å². The molecule has 0 amide bonds. The summed E-state index contributed by atoms with van der Waals surface area (Å²) in [4.78, 5) is 6.10. The summed E-state index contributed by atoms with van der Waals surface area (Å²) in [5.74, 6) is 0. The van der Waals surface area contributed by atoms with Crippen LogP contribution in [0.1, 0.15) is 19.8 Å². The van der Waals surface area contributed by atoms with Gasteiger partial charge in [0.25, 0.3) is 0 Å². The van der Waals surface area contributed by atoms with Crippen LogP contribution < -0.4 is 10.2 Å². The minimum Gasteiger partial charge on any atom is -0.368 e. The number of hydrogen-bond donors (Lipinski definition) is 1. The van der Waals surface area contributed by atoms with Gasteiger partial charge >= 0.3 is 6.18 Å². The van der Waals surface area contributed by atoms with Gasteiger partial charge in [0.05, 0.1) is 30.2 Å². The summed E-state index contributed by atoms with van der Waals surface area (Å²) in [6.07, 6.45) is 0.985. The molecular weight excluding hydrogens is 355 g/mol. The lowest BCUT2D eigenvalue weighted by molar-refractivity contribution is -0.133. The first-order chi connectivity index (χ1) is 11.9. The number of aromatic nitrogens is 3. The van der Waals surface area contributed by atoms with Crippen LogP contribution in [0.25, 0.3) is 5.69 Å². The van der Waals surface area contributed by atoms with Crippen LogP contribution in [-0.2, 0) is 0 Å². The molecule has 5 nitrogen and oxygen atoms in total. The Hall–Kier alpha value is -1.80. The molecule has 0 bridgehead atoms. The van der Waals surface area contributed by atoms with Crippen LogP contribution in [0.2, 0.25) is 5.15 Å². The Balaban J connectivity index is 1.87. The lowest BCUT2D eigenvalue weighted by Gasteiger charge is -2.21. The highest BCUT2D eigenvalue weighted by atomic mass is 35.5. The molecular formula is C16H21ClF3N5. The molecule has 0 fully saturated rings. The van der Waals surface area contributed by atoms with Crippen molar-refractivity contribution in [2.24, 2.45) is 0 Å². The van der Waals surface area contributed by atoms with Crippen molar-refractivity contribution in [3.05, 3.63) is 35.9 Å². The molecule has 2 heterocycles. The highest BCUT2D eigenvalue weighted by Crippen LogP contribution is 2.26. The second-order valence-electron chi connectivity index (χ2n) is 5.51. The van der Waals surface area contributed by atoms with E-state index in [-0.39, 0.29) is 6.54 Å². The van der Waals surface area contributed by atoms with Gasteiger partial charge in [0.2, 0.25) is 0 Å². The van der Waals surface area contributed by atoms with E-state index in [1.165, 1.54) is 0 Å². The number of alkyl halides is 3. The average Bonchev–Trinajstić information content (AvgIpc) is 2.96. The Morgan fingerprint density at radius 1 is 1.32 bits per heavy atom. The van der Waals surface area contributed by atoms with E-state index in [0.29, 0.717) is 24.7 Å². The number of pyridine rings is 1. The lowest BCUT2D eigenvalue weighted by Crippen LogP contribution is -2.28. The molecule has 0 aliphatic rings. The molecule has 25 heavy (non-hydrogen) atoms. The Kier molecular flexibility index (Phi) is 7.07. The summed E-state index contributed by atoms with van der Waals surface area (Å²) in [6.45, 7) is 3.85. The van der Waals surface area contributed by atoms with Crippen LogP contribution in [0.4, 0.5) is 18.9 Å². The SMILES string of the molecule is CCN(CCCNCCC(F)(F)F)c1cn(-c2cccnc2)nc1Cl. The van der Waals surface area contributed by atoms with Crippen molar-refractivity contribution in [1.82, 2.24) is 20.1 Å². The molecule has 1 N–H and O–H groups in total. The van der Waals surface area contributed by atoms with Gasteiger partial charge < -0.3 is 10.2 Å². The van der Waals surface area contributed by atoms with E-state index in [1.807, 2.05) is 30.2 Å². The summed E-state index contributed by atoms with van der Waals surface area (Å²) in [7, 11) is 0. The molecule has 0 radical (unpaired) electrons. The van der Waals surface area contributed by atoms with Gasteiger partial charge in [-0.1, -0.05) is 11.6 Å². The monoisotopic (exact) mass is 375 g/mol. The van der Waals surface area contributed by atoms with Crippen LogP contribution in [0, 0.1) is 0 Å². The zero-order valence-electron chi connectivity index (χ0n) is 13.9. The van der Waals surface area contributed by atoms with Gasteiger partial charge in [-0.15, -0.1) is 0 Å². The van der Waals surface area contributed by atoms with Gasteiger partial charge in [-0.2, -0.15) is 18.3 Å². The Morgan fingerprint density at radius 2 is 2.12 bits per heavy atom. The molecule has 0 spiro atoms. The zero-order chi connectivity index (χ0) is 18.3. The van der Waals surface area contributed by atoms with Crippen molar-refractivity contribution in [3.8, 4) is 5.69 Å². The minimum absolute atomic E-state index is 0.0602. The number of nitrogens with zero attached hydrogens (tertiary/aromatic N) is 4. The van der Waals surface area contributed by atoms with Gasteiger partial charge in [-0.3, -0.25) is 4.98 Å². The minimum atomic E-state index is -4.11. The third-order valence-corrected chi connectivity index (χ3v) is 3.92. The zero-order valence-corrected chi connectivity index (χ0v) is 14.7. The van der Waals surface area contributed by atoms with Gasteiger partial charge in [0, 0.05) is 25.8 Å². The Morgan fingerprint density at radius 3 is 2.76 bits per heavy atom. The van der Waals surface area contributed by atoms with Gasteiger partial charge in [0.1, 0.15) is 0 Å². The van der Waals surface area contributed by atoms with E-state index in [4.69, 9.17) is 11.6 Å². The standard InChI is InChI=1S/C16H21ClF3N5/c1-2-24(10-4-8-21-9-6-16(18,19)20)14-12-25(23-15(14)17)13-5-3-7-22-11-13/h3,5,7,11-12,21H,2,4,6,8-10H2,1H3. The molecule has 0 saturated heterocycles. The largest absolute Gasteiger partial charge is 0.390 e. The predicted molar refractivity (Wildman–Crippen MR) is 92.4 cm³/mol. The van der Waals surface area contributed by atoms with E-state index in [1.54, 1.807) is 17.1 Å². The van der Waals surface area contributed by atoms with Crippen molar-refractivity contribution in [1.29, 1.82) is 0 Å². The van der Waals surface area contributed by atoms with E-state index in [2.05, 4.69) is 15.4 Å². The highest BCUT2D eigenvalue weighted by Gasteiger charge is 2.25. The number of halogens is 4. The second-order valence-corrected chi connectivity index (χ2v) is 5.87. The smallest absolute Gasteiger partial charge is 0.368 e. The second kappa shape index (κ2) is 9.05. The molecule has 0 aliphatic heterocycles. The first-order valence-corrected chi connectivity index (χ1v) is 8.46. The molecule has 2 aromatic heterocycles. The normalized spacial score (nSPS) is 11.7. The average molecular weight is 376 g/mol. The van der Waals surface area contributed by atoms with Crippen molar-refractivity contribution < 1.29 is 13.2 Å². The molecule has 0 atom stereocenters. The van der Waals surface area contributed by atoms with Crippen molar-refractivity contribution >= 4 is 17.3 Å². The summed E-state index contributed by atoms with van der Waals surface area (Å²) in [5, 5.41) is 7.49. The molecule has 0 aromatic carbocycles. The molecule has 0 saturated carbocycles. The first-order valence-electron chi connectivity index (χ1n) is 8.08. The number of anilines is 1. The van der Waals surface area contributed by atoms with Crippen LogP contribution in [0.3, 0.4) is 0 Å². The van der Waals surface area contributed by atoms with Crippen molar-refractivity contribution in [2.45, 2.75) is 25.9 Å². The van der Waals surface area contributed by atoms with Gasteiger partial charge in [-0.25, -0.2) is 4.68 Å². The molecule has 0 unspecified atom stereocenters. The van der Waals surface area contributed by atoms with Crippen molar-refractivity contribution in [3.63, 3.8) is 0 Å². The van der Waals surface area contributed by atoms with Crippen molar-refractivity contribution in [2.75, 3.05) is 31.1 Å². The fourth-order valence-corrected chi connectivity index (χ4v) is 2.63. The van der Waals surface area contributed by atoms with Gasteiger partial charge in [0.15, 0.2) is 5.15 Å². The quantitative estimate of drug-likeness (QED) is 0.679. The molecule has 9 heteroatoms. The molecule has 0 aliphatic carbocycles. The first kappa shape index (κ1) is 19.5. The Labute approximate surface area is 149 Å². The van der Waals surface area contributed by atoms with Crippen LogP contribution in [0.15, 0.2) is 30.7 Å². The number of rotatable bonds is 9. The predicted octanol–water partition coefficient (Wildman–Crippen LogP) is 3.68. The summed E-state index contributed by atoms with van der Waals surface area (Å²) in [5.41, 5.74) is 1.60. The third kappa shape index (κ3) is 6.21. The maximum atomic E-state index is 12.1. The fourth-order valence-electron chi connectivity index (χ4n) is 2.38. The molecule has 2 rings (SSSR count). The third-order valence-electron chi connectivity index (χ3n) is 3.65. The number of nitrogens with one attached hydrogen (secondary N) is 1. The summed E-state index contributed by atoms with van der Waals surface area (Å²) < 4.78 is 37.9. The summed E-state index contributed by atoms with van der Waals surface area (Å²) >= 11 is 6.25.